The van der Waals surface area contributed by atoms with E-state index in [1.807, 2.05) is 0 Å². The minimum absolute atomic E-state index is 0.0741. The number of nitrogens with zero attached hydrogens (tertiary/aromatic N) is 3. The second-order valence-corrected chi connectivity index (χ2v) is 6.28. The van der Waals surface area contributed by atoms with Gasteiger partial charge in [0.2, 0.25) is 5.91 Å². The molecule has 11 heteroatoms. The van der Waals surface area contributed by atoms with Crippen molar-refractivity contribution in [3.63, 3.8) is 0 Å². The number of carbonyl (C=O) groups excluding carboxylic acids is 1. The van der Waals surface area contributed by atoms with Crippen molar-refractivity contribution >= 4 is 28.9 Å². The van der Waals surface area contributed by atoms with Crippen LogP contribution in [0.4, 0.5) is 20.2 Å². The first-order chi connectivity index (χ1) is 12.6. The first-order valence-corrected chi connectivity index (χ1v) is 8.21. The Balaban J connectivity index is 2.07. The zero-order chi connectivity index (χ0) is 20.3. The van der Waals surface area contributed by atoms with E-state index in [0.29, 0.717) is 11.4 Å². The monoisotopic (exact) mass is 402 g/mol. The second-order valence-electron chi connectivity index (χ2n) is 5.87. The van der Waals surface area contributed by atoms with E-state index in [2.05, 4.69) is 15.2 Å². The lowest BCUT2D eigenvalue weighted by Gasteiger charge is -2.14. The molecule has 0 spiro atoms. The van der Waals surface area contributed by atoms with Gasteiger partial charge in [-0.05, 0) is 32.0 Å². The Morgan fingerprint density at radius 2 is 2.11 bits per heavy atom. The normalized spacial score (nSPS) is 12.1. The van der Waals surface area contributed by atoms with Crippen LogP contribution in [0.5, 0.6) is 5.75 Å². The topological polar surface area (TPSA) is 99.3 Å². The smallest absolute Gasteiger partial charge is 0.387 e. The molecule has 146 valence electrons. The van der Waals surface area contributed by atoms with Crippen LogP contribution < -0.4 is 10.1 Å². The van der Waals surface area contributed by atoms with Crippen LogP contribution in [-0.2, 0) is 11.3 Å². The molecule has 27 heavy (non-hydrogen) atoms. The number of nitrogens with one attached hydrogen (secondary N) is 1. The molecule has 0 aliphatic rings. The van der Waals surface area contributed by atoms with Gasteiger partial charge in [-0.25, -0.2) is 0 Å². The average molecular weight is 403 g/mol. The number of anilines is 1. The summed E-state index contributed by atoms with van der Waals surface area (Å²) in [6.45, 7) is 1.84. The molecule has 1 heterocycles. The van der Waals surface area contributed by atoms with Crippen molar-refractivity contribution in [1.82, 2.24) is 9.78 Å². The molecule has 0 bridgehead atoms. The van der Waals surface area contributed by atoms with Crippen LogP contribution in [0.2, 0.25) is 5.02 Å². The molecule has 0 saturated heterocycles. The zero-order valence-corrected chi connectivity index (χ0v) is 15.5. The minimum Gasteiger partial charge on any atom is -0.433 e. The van der Waals surface area contributed by atoms with Gasteiger partial charge in [-0.3, -0.25) is 19.6 Å². The molecule has 0 aliphatic heterocycles. The van der Waals surface area contributed by atoms with Crippen LogP contribution in [-0.4, -0.2) is 27.2 Å². The molecule has 0 aliphatic carbocycles. The highest BCUT2D eigenvalue weighted by atomic mass is 35.5. The van der Waals surface area contributed by atoms with E-state index in [0.717, 1.165) is 0 Å². The summed E-state index contributed by atoms with van der Waals surface area (Å²) in [5.41, 5.74) is 0.849. The number of benzene rings is 1. The number of amides is 1. The largest absolute Gasteiger partial charge is 0.433 e. The van der Waals surface area contributed by atoms with E-state index in [9.17, 15) is 23.7 Å². The van der Waals surface area contributed by atoms with Gasteiger partial charge in [0.15, 0.2) is 0 Å². The fourth-order valence-electron chi connectivity index (χ4n) is 2.51. The molecule has 1 amide bonds. The van der Waals surface area contributed by atoms with Crippen LogP contribution in [0.1, 0.15) is 18.3 Å². The number of halogens is 3. The van der Waals surface area contributed by atoms with E-state index < -0.39 is 17.5 Å². The number of rotatable bonds is 7. The summed E-state index contributed by atoms with van der Waals surface area (Å²) in [5.74, 6) is -1.16. The van der Waals surface area contributed by atoms with Gasteiger partial charge in [-0.1, -0.05) is 18.5 Å². The predicted molar refractivity (Wildman–Crippen MR) is 94.2 cm³/mol. The molecule has 1 aromatic carbocycles. The number of nitro groups is 1. The van der Waals surface area contributed by atoms with E-state index in [1.54, 1.807) is 13.8 Å². The molecule has 0 radical (unpaired) electrons. The van der Waals surface area contributed by atoms with Gasteiger partial charge >= 0.3 is 12.3 Å². The molecular formula is C16H17ClF2N4O4. The van der Waals surface area contributed by atoms with E-state index in [-0.39, 0.29) is 34.6 Å². The van der Waals surface area contributed by atoms with Crippen LogP contribution in [0, 0.1) is 29.9 Å². The van der Waals surface area contributed by atoms with Crippen LogP contribution >= 0.6 is 11.6 Å². The molecule has 8 nitrogen and oxygen atoms in total. The molecule has 0 fully saturated rings. The summed E-state index contributed by atoms with van der Waals surface area (Å²) in [6.07, 6.45) is 0. The van der Waals surface area contributed by atoms with Gasteiger partial charge in [0, 0.05) is 5.69 Å². The predicted octanol–water partition coefficient (Wildman–Crippen LogP) is 3.94. The first-order valence-electron chi connectivity index (χ1n) is 7.83. The van der Waals surface area contributed by atoms with Crippen LogP contribution in [0.15, 0.2) is 18.2 Å². The first kappa shape index (κ1) is 20.6. The van der Waals surface area contributed by atoms with Crippen molar-refractivity contribution < 1.29 is 23.2 Å². The number of aromatic nitrogens is 2. The standard InChI is InChI=1S/C16H17ClF2N4O4/c1-8(7-22-10(3)14(23(25)26)9(2)21-22)15(24)20-11-4-5-13(12(17)6-11)27-16(18)19/h4-6,8,16H,7H2,1-3H3,(H,20,24). The number of hydrogen-bond acceptors (Lipinski definition) is 5. The lowest BCUT2D eigenvalue weighted by atomic mass is 10.1. The highest BCUT2D eigenvalue weighted by molar-refractivity contribution is 6.32. The molecule has 1 N–H and O–H groups in total. The number of carbonyl (C=O) groups is 1. The molecule has 2 rings (SSSR count). The van der Waals surface area contributed by atoms with Crippen LogP contribution in [0.25, 0.3) is 0 Å². The maximum atomic E-state index is 12.3. The van der Waals surface area contributed by atoms with Gasteiger partial charge < -0.3 is 10.1 Å². The molecule has 0 saturated carbocycles. The fourth-order valence-corrected chi connectivity index (χ4v) is 2.73. The van der Waals surface area contributed by atoms with Crippen molar-refractivity contribution in [3.05, 3.63) is 44.7 Å². The Bertz CT molecular complexity index is 872. The summed E-state index contributed by atoms with van der Waals surface area (Å²) >= 11 is 5.85. The Morgan fingerprint density at radius 3 is 2.63 bits per heavy atom. The zero-order valence-electron chi connectivity index (χ0n) is 14.7. The summed E-state index contributed by atoms with van der Waals surface area (Å²) in [7, 11) is 0. The molecule has 2 aromatic rings. The average Bonchev–Trinajstić information content (AvgIpc) is 2.83. The quantitative estimate of drug-likeness (QED) is 0.558. The SMILES string of the molecule is Cc1nn(CC(C)C(=O)Nc2ccc(OC(F)F)c(Cl)c2)c(C)c1[N+](=O)[O-]. The fraction of sp³-hybridized carbons (Fsp3) is 0.375. The molecule has 1 atom stereocenters. The van der Waals surface area contributed by atoms with Gasteiger partial charge in [-0.2, -0.15) is 13.9 Å². The van der Waals surface area contributed by atoms with Crippen molar-refractivity contribution in [2.45, 2.75) is 33.9 Å². The van der Waals surface area contributed by atoms with Gasteiger partial charge in [0.05, 0.1) is 22.4 Å². The summed E-state index contributed by atoms with van der Waals surface area (Å²) in [6, 6.07) is 3.89. The van der Waals surface area contributed by atoms with Crippen molar-refractivity contribution in [2.24, 2.45) is 5.92 Å². The van der Waals surface area contributed by atoms with Gasteiger partial charge in [0.25, 0.3) is 0 Å². The van der Waals surface area contributed by atoms with E-state index in [1.165, 1.54) is 29.8 Å². The highest BCUT2D eigenvalue weighted by Gasteiger charge is 2.24. The number of ether oxygens (including phenoxy) is 1. The number of hydrogen-bond donors (Lipinski definition) is 1. The lowest BCUT2D eigenvalue weighted by Crippen LogP contribution is -2.25. The van der Waals surface area contributed by atoms with Gasteiger partial charge in [-0.15, -0.1) is 0 Å². The van der Waals surface area contributed by atoms with Crippen molar-refractivity contribution in [3.8, 4) is 5.75 Å². The van der Waals surface area contributed by atoms with E-state index in [4.69, 9.17) is 11.6 Å². The summed E-state index contributed by atoms with van der Waals surface area (Å²) in [4.78, 5) is 22.9. The number of aryl methyl sites for hydroxylation is 1. The van der Waals surface area contributed by atoms with Crippen molar-refractivity contribution in [1.29, 1.82) is 0 Å². The van der Waals surface area contributed by atoms with E-state index >= 15 is 0 Å². The third-order valence-corrected chi connectivity index (χ3v) is 4.13. The summed E-state index contributed by atoms with van der Waals surface area (Å²) < 4.78 is 30.1. The summed E-state index contributed by atoms with van der Waals surface area (Å²) in [5, 5.41) is 17.7. The highest BCUT2D eigenvalue weighted by Crippen LogP contribution is 2.29. The lowest BCUT2D eigenvalue weighted by molar-refractivity contribution is -0.386. The third-order valence-electron chi connectivity index (χ3n) is 3.84. The molecule has 1 aromatic heterocycles. The maximum absolute atomic E-state index is 12.3. The second kappa shape index (κ2) is 8.30. The Morgan fingerprint density at radius 1 is 1.44 bits per heavy atom. The molecule has 1 unspecified atom stereocenters. The Kier molecular flexibility index (Phi) is 6.32. The van der Waals surface area contributed by atoms with Gasteiger partial charge in [0.1, 0.15) is 17.1 Å². The number of alkyl halides is 2. The third kappa shape index (κ3) is 4.91. The van der Waals surface area contributed by atoms with Crippen LogP contribution in [0.3, 0.4) is 0 Å². The molecular weight excluding hydrogens is 386 g/mol. The Labute approximate surface area is 158 Å². The maximum Gasteiger partial charge on any atom is 0.387 e. The Hall–Kier alpha value is -2.75. The van der Waals surface area contributed by atoms with Crippen molar-refractivity contribution in [2.75, 3.05) is 5.32 Å². The minimum atomic E-state index is -3.01.